The van der Waals surface area contributed by atoms with Crippen LogP contribution in [0.1, 0.15) is 17.1 Å². The number of aromatic amines is 1. The lowest BCUT2D eigenvalue weighted by molar-refractivity contribution is 0.561. The van der Waals surface area contributed by atoms with Crippen LogP contribution < -0.4 is 0 Å². The summed E-state index contributed by atoms with van der Waals surface area (Å²) in [4.78, 5) is 7.51. The van der Waals surface area contributed by atoms with Gasteiger partial charge in [0.05, 0.1) is 5.56 Å². The van der Waals surface area contributed by atoms with Gasteiger partial charge in [0, 0.05) is 23.9 Å². The van der Waals surface area contributed by atoms with Crippen LogP contribution in [0.15, 0.2) is 28.7 Å². The van der Waals surface area contributed by atoms with E-state index >= 15 is 0 Å². The molecule has 0 aliphatic heterocycles. The fourth-order valence-electron chi connectivity index (χ4n) is 2.04. The molecule has 0 bridgehead atoms. The molecule has 0 spiro atoms. The second kappa shape index (κ2) is 3.74. The average molecular weight is 237 g/mol. The number of nitrogens with one attached hydrogen (secondary N) is 1. The van der Waals surface area contributed by atoms with Gasteiger partial charge in [-0.1, -0.05) is 0 Å². The highest BCUT2D eigenvalue weighted by Gasteiger charge is 2.08. The molecular formula is C14H11N3O. The van der Waals surface area contributed by atoms with Crippen molar-refractivity contribution < 1.29 is 4.42 Å². The van der Waals surface area contributed by atoms with E-state index in [1.807, 2.05) is 38.1 Å². The first-order valence-electron chi connectivity index (χ1n) is 5.64. The van der Waals surface area contributed by atoms with Crippen LogP contribution >= 0.6 is 0 Å². The SMILES string of the molecule is Cc1nc2cc(-c3cc(C#N)c(C)[nH]3)ccc2o1. The Kier molecular flexibility index (Phi) is 2.20. The second-order valence-electron chi connectivity index (χ2n) is 4.25. The lowest BCUT2D eigenvalue weighted by Gasteiger charge is -1.96. The number of rotatable bonds is 1. The molecule has 0 radical (unpaired) electrons. The van der Waals surface area contributed by atoms with Crippen LogP contribution in [0, 0.1) is 25.2 Å². The Morgan fingerprint density at radius 2 is 2.11 bits per heavy atom. The zero-order valence-electron chi connectivity index (χ0n) is 10.1. The van der Waals surface area contributed by atoms with Crippen molar-refractivity contribution >= 4 is 11.1 Å². The number of hydrogen-bond acceptors (Lipinski definition) is 3. The Hall–Kier alpha value is -2.54. The third-order valence-electron chi connectivity index (χ3n) is 2.94. The van der Waals surface area contributed by atoms with Crippen molar-refractivity contribution in [1.29, 1.82) is 5.26 Å². The van der Waals surface area contributed by atoms with E-state index in [-0.39, 0.29) is 0 Å². The molecule has 0 amide bonds. The highest BCUT2D eigenvalue weighted by molar-refractivity contribution is 5.79. The Balaban J connectivity index is 2.15. The van der Waals surface area contributed by atoms with Gasteiger partial charge in [-0.3, -0.25) is 0 Å². The Labute approximate surface area is 104 Å². The molecular weight excluding hydrogens is 226 g/mol. The molecule has 1 N–H and O–H groups in total. The quantitative estimate of drug-likeness (QED) is 0.706. The van der Waals surface area contributed by atoms with Gasteiger partial charge in [0.15, 0.2) is 11.5 Å². The zero-order valence-corrected chi connectivity index (χ0v) is 10.1. The van der Waals surface area contributed by atoms with Crippen molar-refractivity contribution in [2.75, 3.05) is 0 Å². The van der Waals surface area contributed by atoms with E-state index < -0.39 is 0 Å². The van der Waals surface area contributed by atoms with Crippen molar-refractivity contribution in [1.82, 2.24) is 9.97 Å². The van der Waals surface area contributed by atoms with E-state index in [1.165, 1.54) is 0 Å². The van der Waals surface area contributed by atoms with Gasteiger partial charge in [0.1, 0.15) is 11.6 Å². The van der Waals surface area contributed by atoms with Crippen molar-refractivity contribution in [3.05, 3.63) is 41.4 Å². The van der Waals surface area contributed by atoms with Crippen LogP contribution in [-0.2, 0) is 0 Å². The summed E-state index contributed by atoms with van der Waals surface area (Å²) in [6.07, 6.45) is 0. The second-order valence-corrected chi connectivity index (χ2v) is 4.25. The molecule has 2 aromatic heterocycles. The van der Waals surface area contributed by atoms with Gasteiger partial charge >= 0.3 is 0 Å². The maximum Gasteiger partial charge on any atom is 0.192 e. The number of hydrogen-bond donors (Lipinski definition) is 1. The number of benzene rings is 1. The predicted molar refractivity (Wildman–Crippen MR) is 68.0 cm³/mol. The number of nitriles is 1. The molecule has 1 aromatic carbocycles. The standard InChI is InChI=1S/C14H11N3O/c1-8-11(7-15)6-12(16-8)10-3-4-14-13(5-10)17-9(2)18-14/h3-6,16H,1-2H3. The number of H-pyrrole nitrogens is 1. The molecule has 2 heterocycles. The van der Waals surface area contributed by atoms with Crippen LogP contribution in [0.4, 0.5) is 0 Å². The molecule has 0 saturated carbocycles. The Morgan fingerprint density at radius 3 is 2.83 bits per heavy atom. The summed E-state index contributed by atoms with van der Waals surface area (Å²) in [7, 11) is 0. The normalized spacial score (nSPS) is 10.7. The van der Waals surface area contributed by atoms with Gasteiger partial charge < -0.3 is 9.40 Å². The first-order chi connectivity index (χ1) is 8.67. The number of nitrogens with zero attached hydrogens (tertiary/aromatic N) is 2. The average Bonchev–Trinajstić information content (AvgIpc) is 2.89. The minimum absolute atomic E-state index is 0.655. The van der Waals surface area contributed by atoms with Crippen molar-refractivity contribution in [3.8, 4) is 17.3 Å². The van der Waals surface area contributed by atoms with Gasteiger partial charge in [0.2, 0.25) is 0 Å². The van der Waals surface area contributed by atoms with Crippen LogP contribution in [0.25, 0.3) is 22.4 Å². The maximum atomic E-state index is 8.96. The number of aromatic nitrogens is 2. The summed E-state index contributed by atoms with van der Waals surface area (Å²) in [5, 5.41) is 8.96. The lowest BCUT2D eigenvalue weighted by atomic mass is 10.1. The number of aryl methyl sites for hydroxylation is 2. The zero-order chi connectivity index (χ0) is 12.7. The van der Waals surface area contributed by atoms with Crippen LogP contribution in [0.3, 0.4) is 0 Å². The molecule has 4 nitrogen and oxygen atoms in total. The summed E-state index contributed by atoms with van der Waals surface area (Å²) in [5.74, 6) is 0.655. The molecule has 0 aliphatic rings. The van der Waals surface area contributed by atoms with E-state index in [2.05, 4.69) is 16.0 Å². The third-order valence-corrected chi connectivity index (χ3v) is 2.94. The molecule has 18 heavy (non-hydrogen) atoms. The predicted octanol–water partition coefficient (Wildman–Crippen LogP) is 3.31. The summed E-state index contributed by atoms with van der Waals surface area (Å²) >= 11 is 0. The fraction of sp³-hybridized carbons (Fsp3) is 0.143. The summed E-state index contributed by atoms with van der Waals surface area (Å²) in [5.41, 5.74) is 5.08. The molecule has 0 atom stereocenters. The molecule has 0 fully saturated rings. The molecule has 0 saturated heterocycles. The lowest BCUT2D eigenvalue weighted by Crippen LogP contribution is -1.78. The fourth-order valence-corrected chi connectivity index (χ4v) is 2.04. The molecule has 3 rings (SSSR count). The highest BCUT2D eigenvalue weighted by Crippen LogP contribution is 2.25. The van der Waals surface area contributed by atoms with Gasteiger partial charge in [0.25, 0.3) is 0 Å². The van der Waals surface area contributed by atoms with Crippen molar-refractivity contribution in [2.24, 2.45) is 0 Å². The summed E-state index contributed by atoms with van der Waals surface area (Å²) in [6.45, 7) is 3.72. The van der Waals surface area contributed by atoms with Crippen LogP contribution in [0.5, 0.6) is 0 Å². The number of fused-ring (bicyclic) bond motifs is 1. The topological polar surface area (TPSA) is 65.6 Å². The Morgan fingerprint density at radius 1 is 1.28 bits per heavy atom. The van der Waals surface area contributed by atoms with Crippen molar-refractivity contribution in [2.45, 2.75) is 13.8 Å². The van der Waals surface area contributed by atoms with E-state index in [9.17, 15) is 0 Å². The van der Waals surface area contributed by atoms with E-state index in [1.54, 1.807) is 0 Å². The minimum Gasteiger partial charge on any atom is -0.441 e. The summed E-state index contributed by atoms with van der Waals surface area (Å²) < 4.78 is 5.44. The number of oxazole rings is 1. The highest BCUT2D eigenvalue weighted by atomic mass is 16.3. The Bertz CT molecular complexity index is 774. The van der Waals surface area contributed by atoms with Gasteiger partial charge in [-0.25, -0.2) is 4.98 Å². The van der Waals surface area contributed by atoms with Gasteiger partial charge in [-0.15, -0.1) is 0 Å². The molecule has 0 unspecified atom stereocenters. The van der Waals surface area contributed by atoms with E-state index in [4.69, 9.17) is 9.68 Å². The van der Waals surface area contributed by atoms with Crippen LogP contribution in [-0.4, -0.2) is 9.97 Å². The van der Waals surface area contributed by atoms with Crippen LogP contribution in [0.2, 0.25) is 0 Å². The first-order valence-corrected chi connectivity index (χ1v) is 5.64. The third kappa shape index (κ3) is 1.57. The molecule has 88 valence electrons. The molecule has 0 aliphatic carbocycles. The van der Waals surface area contributed by atoms with Crippen molar-refractivity contribution in [3.63, 3.8) is 0 Å². The van der Waals surface area contributed by atoms with Gasteiger partial charge in [-0.2, -0.15) is 5.26 Å². The van der Waals surface area contributed by atoms with Gasteiger partial charge in [-0.05, 0) is 31.2 Å². The summed E-state index contributed by atoms with van der Waals surface area (Å²) in [6, 6.07) is 9.82. The monoisotopic (exact) mass is 237 g/mol. The van der Waals surface area contributed by atoms with E-state index in [0.717, 1.165) is 28.1 Å². The smallest absolute Gasteiger partial charge is 0.192 e. The maximum absolute atomic E-state index is 8.96. The van der Waals surface area contributed by atoms with E-state index in [0.29, 0.717) is 11.5 Å². The molecule has 3 aromatic rings. The largest absolute Gasteiger partial charge is 0.441 e. The molecule has 4 heteroatoms. The first kappa shape index (κ1) is 10.6. The minimum atomic E-state index is 0.655.